The second kappa shape index (κ2) is 6.27. The number of amides is 2. The molecule has 2 N–H and O–H groups in total. The number of carbonyl (C=O) groups excluding carboxylic acids is 2. The molecule has 0 atom stereocenters. The van der Waals surface area contributed by atoms with Gasteiger partial charge in [0.15, 0.2) is 0 Å². The molecule has 20 heavy (non-hydrogen) atoms. The van der Waals surface area contributed by atoms with E-state index in [0.29, 0.717) is 38.3 Å². The fourth-order valence-corrected chi connectivity index (χ4v) is 2.00. The molecule has 6 heteroatoms. The van der Waals surface area contributed by atoms with Crippen LogP contribution in [0.5, 0.6) is 5.75 Å². The van der Waals surface area contributed by atoms with Crippen molar-refractivity contribution >= 4 is 17.5 Å². The van der Waals surface area contributed by atoms with E-state index >= 15 is 0 Å². The topological polar surface area (TPSA) is 75.9 Å². The maximum atomic E-state index is 11.7. The Kier molecular flexibility index (Phi) is 4.45. The van der Waals surface area contributed by atoms with Crippen molar-refractivity contribution < 1.29 is 14.3 Å². The van der Waals surface area contributed by atoms with Gasteiger partial charge in [0.1, 0.15) is 5.75 Å². The van der Waals surface area contributed by atoms with Crippen LogP contribution in [0.1, 0.15) is 6.42 Å². The van der Waals surface area contributed by atoms with Gasteiger partial charge in [-0.15, -0.1) is 0 Å². The number of carbonyl (C=O) groups is 2. The molecule has 6 nitrogen and oxygen atoms in total. The lowest BCUT2D eigenvalue weighted by Crippen LogP contribution is -2.53. The summed E-state index contributed by atoms with van der Waals surface area (Å²) in [5.74, 6) is -0.109. The van der Waals surface area contributed by atoms with E-state index < -0.39 is 11.8 Å². The van der Waals surface area contributed by atoms with Crippen LogP contribution >= 0.6 is 0 Å². The highest BCUT2D eigenvalue weighted by molar-refractivity contribution is 6.35. The second-order valence-electron chi connectivity index (χ2n) is 4.79. The number of ether oxygens (including phenoxy) is 1. The third-order valence-corrected chi connectivity index (χ3v) is 3.24. The number of nitrogens with zero attached hydrogens (tertiary/aromatic N) is 2. The Morgan fingerprint density at radius 3 is 2.55 bits per heavy atom. The van der Waals surface area contributed by atoms with Crippen molar-refractivity contribution in [3.63, 3.8) is 0 Å². The quantitative estimate of drug-likeness (QED) is 0.478. The highest BCUT2D eigenvalue weighted by Gasteiger charge is 2.29. The van der Waals surface area contributed by atoms with Crippen molar-refractivity contribution in [2.45, 2.75) is 6.42 Å². The molecule has 1 heterocycles. The minimum atomic E-state index is -0.435. The number of anilines is 1. The first-order valence-electron chi connectivity index (χ1n) is 6.60. The number of benzene rings is 1. The number of likely N-dealkylation sites (N-methyl/N-ethyl adjacent to an activating group) is 1. The van der Waals surface area contributed by atoms with Crippen molar-refractivity contribution in [3.8, 4) is 5.75 Å². The number of hydrogen-bond donors (Lipinski definition) is 1. The van der Waals surface area contributed by atoms with E-state index in [-0.39, 0.29) is 0 Å². The van der Waals surface area contributed by atoms with Crippen LogP contribution in [-0.2, 0) is 9.59 Å². The minimum absolute atomic E-state index is 0.425. The van der Waals surface area contributed by atoms with Crippen LogP contribution in [-0.4, -0.2) is 54.9 Å². The first-order chi connectivity index (χ1) is 9.58. The monoisotopic (exact) mass is 277 g/mol. The fraction of sp³-hybridized carbons (Fsp3) is 0.429. The third kappa shape index (κ3) is 3.40. The predicted octanol–water partition coefficient (Wildman–Crippen LogP) is 0.338. The molecule has 0 unspecified atom stereocenters. The maximum Gasteiger partial charge on any atom is 0.312 e. The summed E-state index contributed by atoms with van der Waals surface area (Å²) in [6.45, 7) is 2.21. The van der Waals surface area contributed by atoms with Gasteiger partial charge in [-0.25, -0.2) is 0 Å². The smallest absolute Gasteiger partial charge is 0.312 e. The first-order valence-corrected chi connectivity index (χ1v) is 6.60. The van der Waals surface area contributed by atoms with Crippen LogP contribution in [0.15, 0.2) is 24.3 Å². The molecule has 108 valence electrons. The lowest BCUT2D eigenvalue weighted by atomic mass is 10.3. The predicted molar refractivity (Wildman–Crippen MR) is 75.2 cm³/mol. The lowest BCUT2D eigenvalue weighted by molar-refractivity contribution is -0.155. The van der Waals surface area contributed by atoms with Gasteiger partial charge >= 0.3 is 11.8 Å². The molecule has 0 saturated carbocycles. The molecule has 2 amide bonds. The van der Waals surface area contributed by atoms with Gasteiger partial charge in [0.05, 0.1) is 6.61 Å². The minimum Gasteiger partial charge on any atom is -0.494 e. The van der Waals surface area contributed by atoms with Crippen molar-refractivity contribution in [1.82, 2.24) is 9.80 Å². The zero-order valence-electron chi connectivity index (χ0n) is 11.5. The van der Waals surface area contributed by atoms with E-state index in [1.807, 2.05) is 0 Å². The second-order valence-corrected chi connectivity index (χ2v) is 4.79. The average Bonchev–Trinajstić information content (AvgIpc) is 2.45. The number of nitrogen functional groups attached to an aromatic ring is 1. The van der Waals surface area contributed by atoms with Crippen molar-refractivity contribution in [3.05, 3.63) is 24.3 Å². The number of piperazine rings is 1. The fourth-order valence-electron chi connectivity index (χ4n) is 2.00. The van der Waals surface area contributed by atoms with Crippen LogP contribution in [0, 0.1) is 0 Å². The van der Waals surface area contributed by atoms with Crippen molar-refractivity contribution in [2.24, 2.45) is 0 Å². The summed E-state index contributed by atoms with van der Waals surface area (Å²) in [5.41, 5.74) is 6.28. The summed E-state index contributed by atoms with van der Waals surface area (Å²) >= 11 is 0. The van der Waals surface area contributed by atoms with Gasteiger partial charge in [0, 0.05) is 32.4 Å². The first kappa shape index (κ1) is 14.2. The van der Waals surface area contributed by atoms with Gasteiger partial charge in [-0.2, -0.15) is 0 Å². The summed E-state index contributed by atoms with van der Waals surface area (Å²) in [4.78, 5) is 26.3. The van der Waals surface area contributed by atoms with Crippen LogP contribution in [0.4, 0.5) is 5.69 Å². The van der Waals surface area contributed by atoms with Gasteiger partial charge in [0.25, 0.3) is 0 Å². The van der Waals surface area contributed by atoms with Gasteiger partial charge in [-0.05, 0) is 30.7 Å². The number of nitrogens with two attached hydrogens (primary N) is 1. The molecule has 1 fully saturated rings. The highest BCUT2D eigenvalue weighted by atomic mass is 16.5. The van der Waals surface area contributed by atoms with Crippen molar-refractivity contribution in [1.29, 1.82) is 0 Å². The molecule has 0 aliphatic carbocycles. The Bertz CT molecular complexity index is 487. The van der Waals surface area contributed by atoms with E-state index in [2.05, 4.69) is 0 Å². The van der Waals surface area contributed by atoms with Crippen LogP contribution < -0.4 is 10.5 Å². The number of hydrogen-bond acceptors (Lipinski definition) is 4. The Morgan fingerprint density at radius 2 is 1.85 bits per heavy atom. The zero-order chi connectivity index (χ0) is 14.5. The average molecular weight is 277 g/mol. The van der Waals surface area contributed by atoms with E-state index in [1.165, 1.54) is 4.90 Å². The molecule has 0 bridgehead atoms. The molecule has 0 aromatic heterocycles. The maximum absolute atomic E-state index is 11.7. The van der Waals surface area contributed by atoms with E-state index in [0.717, 1.165) is 5.75 Å². The molecular weight excluding hydrogens is 258 g/mol. The molecule has 1 aliphatic heterocycles. The van der Waals surface area contributed by atoms with E-state index in [9.17, 15) is 9.59 Å². The van der Waals surface area contributed by atoms with Crippen LogP contribution in [0.25, 0.3) is 0 Å². The summed E-state index contributed by atoms with van der Waals surface area (Å²) in [6, 6.07) is 7.16. The molecule has 2 rings (SSSR count). The summed E-state index contributed by atoms with van der Waals surface area (Å²) in [7, 11) is 1.64. The summed E-state index contributed by atoms with van der Waals surface area (Å²) in [6.07, 6.45) is 0.688. The molecule has 0 spiro atoms. The molecule has 1 aromatic rings. The van der Waals surface area contributed by atoms with E-state index in [1.54, 1.807) is 36.2 Å². The number of rotatable bonds is 5. The lowest BCUT2D eigenvalue weighted by Gasteiger charge is -2.31. The molecule has 1 aromatic carbocycles. The third-order valence-electron chi connectivity index (χ3n) is 3.24. The van der Waals surface area contributed by atoms with Gasteiger partial charge in [0.2, 0.25) is 0 Å². The normalized spacial score (nSPS) is 15.7. The molecule has 1 saturated heterocycles. The van der Waals surface area contributed by atoms with Crippen LogP contribution in [0.2, 0.25) is 0 Å². The Balaban J connectivity index is 1.72. The van der Waals surface area contributed by atoms with Crippen LogP contribution in [0.3, 0.4) is 0 Å². The Morgan fingerprint density at radius 1 is 1.15 bits per heavy atom. The standard InChI is InChI=1S/C14H19N3O3/c1-16-8-9-17(14(19)13(16)18)7-2-10-20-12-5-3-11(15)4-6-12/h3-6H,2,7-10,15H2,1H3. The van der Waals surface area contributed by atoms with Gasteiger partial charge < -0.3 is 20.3 Å². The zero-order valence-corrected chi connectivity index (χ0v) is 11.5. The SMILES string of the molecule is CN1CCN(CCCOc2ccc(N)cc2)C(=O)C1=O. The largest absolute Gasteiger partial charge is 0.494 e. The Hall–Kier alpha value is -2.24. The molecule has 1 aliphatic rings. The molecule has 0 radical (unpaired) electrons. The highest BCUT2D eigenvalue weighted by Crippen LogP contribution is 2.13. The van der Waals surface area contributed by atoms with Gasteiger partial charge in [-0.3, -0.25) is 9.59 Å². The molecular formula is C14H19N3O3. The summed E-state index contributed by atoms with van der Waals surface area (Å²) in [5, 5.41) is 0. The Labute approximate surface area is 118 Å². The summed E-state index contributed by atoms with van der Waals surface area (Å²) < 4.78 is 5.55. The van der Waals surface area contributed by atoms with Gasteiger partial charge in [-0.1, -0.05) is 0 Å². The van der Waals surface area contributed by atoms with Crippen molar-refractivity contribution in [2.75, 3.05) is 39.0 Å². The van der Waals surface area contributed by atoms with E-state index in [4.69, 9.17) is 10.5 Å².